The Morgan fingerprint density at radius 3 is 2.44 bits per heavy atom. The Hall–Kier alpha value is -1.85. The van der Waals surface area contributed by atoms with Crippen molar-refractivity contribution in [2.24, 2.45) is 0 Å². The highest BCUT2D eigenvalue weighted by atomic mass is 32.2. The van der Waals surface area contributed by atoms with E-state index in [0.717, 1.165) is 42.7 Å². The second-order valence-electron chi connectivity index (χ2n) is 7.30. The fourth-order valence-corrected chi connectivity index (χ4v) is 5.27. The molecule has 132 valence electrons. The van der Waals surface area contributed by atoms with Gasteiger partial charge in [0.15, 0.2) is 0 Å². The van der Waals surface area contributed by atoms with Gasteiger partial charge in [-0.2, -0.15) is 0 Å². The van der Waals surface area contributed by atoms with Crippen molar-refractivity contribution in [3.63, 3.8) is 0 Å². The molecule has 0 bridgehead atoms. The van der Waals surface area contributed by atoms with Gasteiger partial charge in [0.25, 0.3) is 0 Å². The number of benzene rings is 2. The van der Waals surface area contributed by atoms with Gasteiger partial charge in [0.1, 0.15) is 0 Å². The van der Waals surface area contributed by atoms with Crippen molar-refractivity contribution in [1.82, 2.24) is 4.90 Å². The fourth-order valence-electron chi connectivity index (χ4n) is 3.98. The number of likely N-dealkylation sites (tertiary alicyclic amines) is 1. The van der Waals surface area contributed by atoms with Gasteiger partial charge in [-0.25, -0.2) is 8.42 Å². The summed E-state index contributed by atoms with van der Waals surface area (Å²) in [6.45, 7) is 4.09. The van der Waals surface area contributed by atoms with E-state index < -0.39 is 9.84 Å². The molecule has 4 rings (SSSR count). The highest BCUT2D eigenvalue weighted by Crippen LogP contribution is 2.42. The van der Waals surface area contributed by atoms with Crippen LogP contribution in [0, 0.1) is 6.92 Å². The van der Waals surface area contributed by atoms with Crippen LogP contribution in [0.5, 0.6) is 0 Å². The van der Waals surface area contributed by atoms with Crippen molar-refractivity contribution in [2.75, 3.05) is 25.5 Å². The summed E-state index contributed by atoms with van der Waals surface area (Å²) in [4.78, 5) is 3.11. The maximum atomic E-state index is 13.0. The third kappa shape index (κ3) is 2.96. The van der Waals surface area contributed by atoms with Gasteiger partial charge in [-0.15, -0.1) is 0 Å². The van der Waals surface area contributed by atoms with Gasteiger partial charge in [0.2, 0.25) is 9.84 Å². The lowest BCUT2D eigenvalue weighted by Crippen LogP contribution is -2.22. The number of rotatable bonds is 2. The highest BCUT2D eigenvalue weighted by Gasteiger charge is 2.34. The molecule has 4 nitrogen and oxygen atoms in total. The van der Waals surface area contributed by atoms with Crippen molar-refractivity contribution >= 4 is 15.5 Å². The Balaban J connectivity index is 1.71. The SMILES string of the molecule is Cc1ccc(S(=O)(=O)c2ccc3c(c2)[C@H]2CCN(C)CC[C@H]2N3)cc1. The van der Waals surface area contributed by atoms with Gasteiger partial charge in [-0.3, -0.25) is 0 Å². The number of hydrogen-bond acceptors (Lipinski definition) is 4. The molecular formula is C20H24N2O2S. The normalized spacial score (nSPS) is 23.4. The number of nitrogens with one attached hydrogen (secondary N) is 1. The standard InChI is InChI=1S/C20H24N2O2S/c1-14-3-5-15(6-4-14)25(23,24)16-7-8-19-18(13-16)17-9-11-22(2)12-10-20(17)21-19/h3-8,13,17,20-21H,9-12H2,1-2H3/t17-,20-/m1/s1. The molecule has 0 aliphatic carbocycles. The highest BCUT2D eigenvalue weighted by molar-refractivity contribution is 7.91. The quantitative estimate of drug-likeness (QED) is 0.896. The number of hydrogen-bond donors (Lipinski definition) is 1. The van der Waals surface area contributed by atoms with Gasteiger partial charge in [-0.05, 0) is 75.8 Å². The van der Waals surface area contributed by atoms with Crippen molar-refractivity contribution in [2.45, 2.75) is 41.5 Å². The second kappa shape index (κ2) is 6.15. The first kappa shape index (κ1) is 16.6. The first-order valence-electron chi connectivity index (χ1n) is 8.86. The summed E-state index contributed by atoms with van der Waals surface area (Å²) < 4.78 is 26.0. The van der Waals surface area contributed by atoms with E-state index in [-0.39, 0.29) is 0 Å². The summed E-state index contributed by atoms with van der Waals surface area (Å²) >= 11 is 0. The van der Waals surface area contributed by atoms with Crippen LogP contribution in [0.4, 0.5) is 5.69 Å². The van der Waals surface area contributed by atoms with E-state index in [9.17, 15) is 8.42 Å². The molecule has 2 atom stereocenters. The third-order valence-electron chi connectivity index (χ3n) is 5.53. The number of anilines is 1. The average Bonchev–Trinajstić information content (AvgIpc) is 2.84. The van der Waals surface area contributed by atoms with E-state index in [0.29, 0.717) is 21.8 Å². The largest absolute Gasteiger partial charge is 0.381 e. The lowest BCUT2D eigenvalue weighted by atomic mass is 9.91. The minimum absolute atomic E-state index is 0.362. The van der Waals surface area contributed by atoms with Crippen LogP contribution in [0.2, 0.25) is 0 Å². The zero-order valence-corrected chi connectivity index (χ0v) is 15.5. The smallest absolute Gasteiger partial charge is 0.206 e. The van der Waals surface area contributed by atoms with E-state index in [4.69, 9.17) is 0 Å². The molecule has 25 heavy (non-hydrogen) atoms. The minimum atomic E-state index is -3.47. The summed E-state index contributed by atoms with van der Waals surface area (Å²) in [6.07, 6.45) is 2.16. The molecule has 2 aromatic rings. The molecule has 2 aliphatic rings. The van der Waals surface area contributed by atoms with Crippen LogP contribution >= 0.6 is 0 Å². The summed E-state index contributed by atoms with van der Waals surface area (Å²) in [5.74, 6) is 0.396. The van der Waals surface area contributed by atoms with Gasteiger partial charge in [0.05, 0.1) is 9.79 Å². The topological polar surface area (TPSA) is 49.4 Å². The fraction of sp³-hybridized carbons (Fsp3) is 0.400. The molecule has 0 radical (unpaired) electrons. The van der Waals surface area contributed by atoms with Crippen LogP contribution in [0.15, 0.2) is 52.3 Å². The van der Waals surface area contributed by atoms with E-state index >= 15 is 0 Å². The lowest BCUT2D eigenvalue weighted by Gasteiger charge is -2.16. The number of aryl methyl sites for hydroxylation is 1. The zero-order chi connectivity index (χ0) is 17.6. The van der Waals surface area contributed by atoms with E-state index in [2.05, 4.69) is 17.3 Å². The van der Waals surface area contributed by atoms with E-state index in [1.54, 1.807) is 18.2 Å². The van der Waals surface area contributed by atoms with Crippen LogP contribution in [0.3, 0.4) is 0 Å². The predicted molar refractivity (Wildman–Crippen MR) is 100.0 cm³/mol. The Morgan fingerprint density at radius 1 is 1.00 bits per heavy atom. The maximum absolute atomic E-state index is 13.0. The Morgan fingerprint density at radius 2 is 1.68 bits per heavy atom. The van der Waals surface area contributed by atoms with Crippen LogP contribution in [0.1, 0.15) is 29.9 Å². The molecule has 1 fully saturated rings. The average molecular weight is 356 g/mol. The molecule has 5 heteroatoms. The molecule has 1 saturated heterocycles. The molecule has 0 saturated carbocycles. The van der Waals surface area contributed by atoms with Gasteiger partial charge >= 0.3 is 0 Å². The molecule has 2 aliphatic heterocycles. The Kier molecular flexibility index (Phi) is 4.08. The summed E-state index contributed by atoms with van der Waals surface area (Å²) in [6, 6.07) is 13.1. The molecule has 2 aromatic carbocycles. The van der Waals surface area contributed by atoms with Crippen LogP contribution < -0.4 is 5.32 Å². The molecule has 1 N–H and O–H groups in total. The third-order valence-corrected chi connectivity index (χ3v) is 7.30. The number of fused-ring (bicyclic) bond motifs is 3. The second-order valence-corrected chi connectivity index (χ2v) is 9.25. The Bertz CT molecular complexity index is 890. The molecule has 2 heterocycles. The van der Waals surface area contributed by atoms with Crippen molar-refractivity contribution in [3.8, 4) is 0 Å². The molecule has 0 aromatic heterocycles. The maximum Gasteiger partial charge on any atom is 0.206 e. The lowest BCUT2D eigenvalue weighted by molar-refractivity contribution is 0.346. The van der Waals surface area contributed by atoms with Gasteiger partial charge < -0.3 is 10.2 Å². The number of nitrogens with zero attached hydrogens (tertiary/aromatic N) is 1. The first-order valence-corrected chi connectivity index (χ1v) is 10.3. The molecular weight excluding hydrogens is 332 g/mol. The van der Waals surface area contributed by atoms with Crippen LogP contribution in [0.25, 0.3) is 0 Å². The summed E-state index contributed by atoms with van der Waals surface area (Å²) in [5, 5.41) is 3.60. The Labute approximate surface area is 149 Å². The molecule has 0 unspecified atom stereocenters. The van der Waals surface area contributed by atoms with Crippen LogP contribution in [-0.2, 0) is 9.84 Å². The van der Waals surface area contributed by atoms with Crippen molar-refractivity contribution in [3.05, 3.63) is 53.6 Å². The monoisotopic (exact) mass is 356 g/mol. The summed E-state index contributed by atoms with van der Waals surface area (Å²) in [5.41, 5.74) is 3.32. The first-order chi connectivity index (χ1) is 11.9. The van der Waals surface area contributed by atoms with Crippen molar-refractivity contribution < 1.29 is 8.42 Å². The molecule has 0 spiro atoms. The van der Waals surface area contributed by atoms with Gasteiger partial charge in [0, 0.05) is 17.6 Å². The summed E-state index contributed by atoms with van der Waals surface area (Å²) in [7, 11) is -1.32. The van der Waals surface area contributed by atoms with Gasteiger partial charge in [-0.1, -0.05) is 17.7 Å². The van der Waals surface area contributed by atoms with E-state index in [1.807, 2.05) is 31.2 Å². The number of sulfone groups is 1. The van der Waals surface area contributed by atoms with Crippen LogP contribution in [-0.4, -0.2) is 39.5 Å². The predicted octanol–water partition coefficient (Wildman–Crippen LogP) is 3.43. The molecule has 0 amide bonds. The van der Waals surface area contributed by atoms with Crippen molar-refractivity contribution in [1.29, 1.82) is 0 Å². The zero-order valence-electron chi connectivity index (χ0n) is 14.7. The minimum Gasteiger partial charge on any atom is -0.381 e. The van der Waals surface area contributed by atoms with E-state index in [1.165, 1.54) is 0 Å².